The predicted molar refractivity (Wildman–Crippen MR) is 106 cm³/mol. The number of benzene rings is 1. The first-order chi connectivity index (χ1) is 13.2. The second kappa shape index (κ2) is 8.13. The molecule has 6 heteroatoms. The number of nitrogens with zero attached hydrogens (tertiary/aromatic N) is 3. The topological polar surface area (TPSA) is 59.4 Å². The van der Waals surface area contributed by atoms with Gasteiger partial charge in [-0.05, 0) is 37.2 Å². The molecule has 2 aliphatic rings. The van der Waals surface area contributed by atoms with Crippen molar-refractivity contribution in [3.8, 4) is 11.1 Å². The summed E-state index contributed by atoms with van der Waals surface area (Å²) in [7, 11) is 1.86. The SMILES string of the molecule is Cn1ncc(-c2ccccc2)c1NC(=O)N(CC1CCC1)CC1CCCO1. The lowest BCUT2D eigenvalue weighted by Gasteiger charge is -2.33. The van der Waals surface area contributed by atoms with E-state index >= 15 is 0 Å². The predicted octanol–water partition coefficient (Wildman–Crippen LogP) is 3.90. The van der Waals surface area contributed by atoms with E-state index in [1.165, 1.54) is 19.3 Å². The zero-order valence-corrected chi connectivity index (χ0v) is 15.9. The van der Waals surface area contributed by atoms with E-state index in [0.29, 0.717) is 12.5 Å². The van der Waals surface area contributed by atoms with E-state index in [-0.39, 0.29) is 12.1 Å². The van der Waals surface area contributed by atoms with Gasteiger partial charge in [0.15, 0.2) is 0 Å². The van der Waals surface area contributed by atoms with E-state index in [0.717, 1.165) is 42.9 Å². The van der Waals surface area contributed by atoms with Crippen LogP contribution in [0.4, 0.5) is 10.6 Å². The zero-order valence-electron chi connectivity index (χ0n) is 15.9. The minimum Gasteiger partial charge on any atom is -0.376 e. The number of hydrogen-bond donors (Lipinski definition) is 1. The highest BCUT2D eigenvalue weighted by Gasteiger charge is 2.28. The molecule has 144 valence electrons. The molecule has 1 saturated carbocycles. The van der Waals surface area contributed by atoms with Gasteiger partial charge in [-0.15, -0.1) is 0 Å². The molecule has 27 heavy (non-hydrogen) atoms. The van der Waals surface area contributed by atoms with Crippen LogP contribution in [0.3, 0.4) is 0 Å². The van der Waals surface area contributed by atoms with Gasteiger partial charge in [0.25, 0.3) is 0 Å². The third kappa shape index (κ3) is 4.16. The van der Waals surface area contributed by atoms with Crippen molar-refractivity contribution in [3.63, 3.8) is 0 Å². The lowest BCUT2D eigenvalue weighted by atomic mass is 9.85. The van der Waals surface area contributed by atoms with Crippen LogP contribution < -0.4 is 5.32 Å². The highest BCUT2D eigenvalue weighted by molar-refractivity contribution is 5.93. The second-order valence-corrected chi connectivity index (χ2v) is 7.66. The Kier molecular flexibility index (Phi) is 5.43. The summed E-state index contributed by atoms with van der Waals surface area (Å²) in [5, 5.41) is 7.47. The molecule has 0 radical (unpaired) electrons. The summed E-state index contributed by atoms with van der Waals surface area (Å²) >= 11 is 0. The van der Waals surface area contributed by atoms with Gasteiger partial charge >= 0.3 is 6.03 Å². The van der Waals surface area contributed by atoms with Gasteiger partial charge in [-0.25, -0.2) is 4.79 Å². The molecule has 2 fully saturated rings. The number of carbonyl (C=O) groups is 1. The van der Waals surface area contributed by atoms with Crippen LogP contribution in [-0.4, -0.2) is 46.5 Å². The van der Waals surface area contributed by atoms with E-state index in [1.807, 2.05) is 42.3 Å². The second-order valence-electron chi connectivity index (χ2n) is 7.66. The van der Waals surface area contributed by atoms with Crippen LogP contribution in [0, 0.1) is 5.92 Å². The Bertz CT molecular complexity index is 764. The first-order valence-corrected chi connectivity index (χ1v) is 9.95. The van der Waals surface area contributed by atoms with Gasteiger partial charge in [0.05, 0.1) is 12.3 Å². The van der Waals surface area contributed by atoms with Gasteiger partial charge in [0.1, 0.15) is 5.82 Å². The number of aromatic nitrogens is 2. The largest absolute Gasteiger partial charge is 0.376 e. The Morgan fingerprint density at radius 2 is 2.04 bits per heavy atom. The van der Waals surface area contributed by atoms with Crippen molar-refractivity contribution in [2.24, 2.45) is 13.0 Å². The fourth-order valence-electron chi connectivity index (χ4n) is 3.86. The van der Waals surface area contributed by atoms with E-state index < -0.39 is 0 Å². The molecule has 1 saturated heterocycles. The number of rotatable bonds is 6. The maximum Gasteiger partial charge on any atom is 0.323 e. The number of ether oxygens (including phenoxy) is 1. The molecule has 1 atom stereocenters. The Balaban J connectivity index is 1.50. The lowest BCUT2D eigenvalue weighted by Crippen LogP contribution is -2.44. The first-order valence-electron chi connectivity index (χ1n) is 9.95. The number of anilines is 1. The van der Waals surface area contributed by atoms with Crippen molar-refractivity contribution in [3.05, 3.63) is 36.5 Å². The van der Waals surface area contributed by atoms with Crippen molar-refractivity contribution in [1.82, 2.24) is 14.7 Å². The number of amides is 2. The third-order valence-corrected chi connectivity index (χ3v) is 5.69. The number of carbonyl (C=O) groups excluding carboxylic acids is 1. The molecule has 1 N–H and O–H groups in total. The van der Waals surface area contributed by atoms with E-state index in [9.17, 15) is 4.79 Å². The van der Waals surface area contributed by atoms with Crippen LogP contribution in [0.1, 0.15) is 32.1 Å². The van der Waals surface area contributed by atoms with Crippen molar-refractivity contribution in [2.75, 3.05) is 25.0 Å². The molecular weight excluding hydrogens is 340 g/mol. The maximum absolute atomic E-state index is 13.1. The summed E-state index contributed by atoms with van der Waals surface area (Å²) in [6.45, 7) is 2.29. The molecule has 0 bridgehead atoms. The normalized spacial score (nSPS) is 19.7. The summed E-state index contributed by atoms with van der Waals surface area (Å²) in [5.74, 6) is 1.36. The molecule has 2 heterocycles. The smallest absolute Gasteiger partial charge is 0.323 e. The maximum atomic E-state index is 13.1. The first kappa shape index (κ1) is 18.0. The van der Waals surface area contributed by atoms with Gasteiger partial charge in [-0.1, -0.05) is 36.8 Å². The summed E-state index contributed by atoms with van der Waals surface area (Å²) in [6.07, 6.45) is 7.81. The van der Waals surface area contributed by atoms with Crippen molar-refractivity contribution < 1.29 is 9.53 Å². The Labute approximate surface area is 160 Å². The fraction of sp³-hybridized carbons (Fsp3) is 0.524. The molecule has 1 aliphatic heterocycles. The number of urea groups is 1. The standard InChI is InChI=1S/C21H28N4O2/c1-24-20(19(13-22-24)17-9-3-2-4-10-17)23-21(26)25(14-16-7-5-8-16)15-18-11-6-12-27-18/h2-4,9-10,13,16,18H,5-8,11-12,14-15H2,1H3,(H,23,26). The Hall–Kier alpha value is -2.34. The van der Waals surface area contributed by atoms with Gasteiger partial charge in [-0.3, -0.25) is 10.00 Å². The summed E-state index contributed by atoms with van der Waals surface area (Å²) in [4.78, 5) is 15.1. The fourth-order valence-corrected chi connectivity index (χ4v) is 3.86. The van der Waals surface area contributed by atoms with Crippen molar-refractivity contribution in [1.29, 1.82) is 0 Å². The lowest BCUT2D eigenvalue weighted by molar-refractivity contribution is 0.0748. The third-order valence-electron chi connectivity index (χ3n) is 5.69. The molecular formula is C21H28N4O2. The van der Waals surface area contributed by atoms with Gasteiger partial charge < -0.3 is 9.64 Å². The monoisotopic (exact) mass is 368 g/mol. The molecule has 4 rings (SSSR count). The molecule has 1 aromatic carbocycles. The molecule has 1 aromatic heterocycles. The minimum atomic E-state index is -0.0572. The van der Waals surface area contributed by atoms with Gasteiger partial charge in [-0.2, -0.15) is 5.10 Å². The molecule has 0 spiro atoms. The number of nitrogens with one attached hydrogen (secondary N) is 1. The van der Waals surface area contributed by atoms with Crippen LogP contribution in [-0.2, 0) is 11.8 Å². The number of hydrogen-bond acceptors (Lipinski definition) is 3. The highest BCUT2D eigenvalue weighted by atomic mass is 16.5. The van der Waals surface area contributed by atoms with Crippen molar-refractivity contribution in [2.45, 2.75) is 38.2 Å². The Morgan fingerprint density at radius 3 is 2.70 bits per heavy atom. The average Bonchev–Trinajstić information content (AvgIpc) is 3.28. The minimum absolute atomic E-state index is 0.0572. The van der Waals surface area contributed by atoms with Gasteiger partial charge in [0.2, 0.25) is 0 Å². The Morgan fingerprint density at radius 1 is 1.22 bits per heavy atom. The average molecular weight is 368 g/mol. The van der Waals surface area contributed by atoms with Crippen molar-refractivity contribution >= 4 is 11.8 Å². The molecule has 1 aliphatic carbocycles. The van der Waals surface area contributed by atoms with Gasteiger partial charge in [0, 0.05) is 32.3 Å². The molecule has 6 nitrogen and oxygen atoms in total. The van der Waals surface area contributed by atoms with Crippen LogP contribution in [0.5, 0.6) is 0 Å². The van der Waals surface area contributed by atoms with E-state index in [2.05, 4.69) is 10.4 Å². The molecule has 2 aromatic rings. The zero-order chi connectivity index (χ0) is 18.6. The van der Waals surface area contributed by atoms with Crippen LogP contribution in [0.2, 0.25) is 0 Å². The quantitative estimate of drug-likeness (QED) is 0.841. The number of aryl methyl sites for hydroxylation is 1. The van der Waals surface area contributed by atoms with Crippen LogP contribution in [0.15, 0.2) is 36.5 Å². The van der Waals surface area contributed by atoms with Crippen LogP contribution in [0.25, 0.3) is 11.1 Å². The summed E-state index contributed by atoms with van der Waals surface area (Å²) in [5.41, 5.74) is 1.98. The van der Waals surface area contributed by atoms with Crippen LogP contribution >= 0.6 is 0 Å². The molecule has 2 amide bonds. The van der Waals surface area contributed by atoms with E-state index in [1.54, 1.807) is 10.9 Å². The summed E-state index contributed by atoms with van der Waals surface area (Å²) in [6, 6.07) is 9.98. The molecule has 1 unspecified atom stereocenters. The van der Waals surface area contributed by atoms with E-state index in [4.69, 9.17) is 4.74 Å². The highest BCUT2D eigenvalue weighted by Crippen LogP contribution is 2.30. The summed E-state index contributed by atoms with van der Waals surface area (Å²) < 4.78 is 7.51.